The second-order valence-electron chi connectivity index (χ2n) is 9.02. The van der Waals surface area contributed by atoms with Crippen LogP contribution in [0.15, 0.2) is 84.9 Å². The van der Waals surface area contributed by atoms with Gasteiger partial charge < -0.3 is 19.1 Å². The van der Waals surface area contributed by atoms with Crippen LogP contribution in [0, 0.1) is 13.8 Å². The number of para-hydroxylation sites is 2. The second-order valence-corrected chi connectivity index (χ2v) is 9.02. The summed E-state index contributed by atoms with van der Waals surface area (Å²) >= 11 is 0. The zero-order valence-electron chi connectivity index (χ0n) is 20.6. The van der Waals surface area contributed by atoms with Crippen molar-refractivity contribution >= 4 is 11.6 Å². The van der Waals surface area contributed by atoms with Gasteiger partial charge in [0.25, 0.3) is 5.91 Å². The number of carbonyl (C=O) groups excluding carboxylic acids is 1. The molecular formula is C30H31N3O2. The van der Waals surface area contributed by atoms with Crippen LogP contribution in [0.25, 0.3) is 16.9 Å². The lowest BCUT2D eigenvalue weighted by molar-refractivity contribution is 0.0746. The number of aromatic nitrogens is 1. The predicted molar refractivity (Wildman–Crippen MR) is 142 cm³/mol. The number of benzene rings is 3. The van der Waals surface area contributed by atoms with Crippen LogP contribution in [-0.2, 0) is 0 Å². The predicted octanol–water partition coefficient (Wildman–Crippen LogP) is 5.73. The Morgan fingerprint density at radius 3 is 2.14 bits per heavy atom. The van der Waals surface area contributed by atoms with Gasteiger partial charge in [-0.25, -0.2) is 0 Å². The molecule has 1 aliphatic rings. The summed E-state index contributed by atoms with van der Waals surface area (Å²) in [6.07, 6.45) is 0. The molecule has 5 rings (SSSR count). The topological polar surface area (TPSA) is 37.7 Å². The fourth-order valence-electron chi connectivity index (χ4n) is 4.88. The summed E-state index contributed by atoms with van der Waals surface area (Å²) in [7, 11) is 1.70. The zero-order chi connectivity index (χ0) is 24.4. The van der Waals surface area contributed by atoms with E-state index in [0.717, 1.165) is 52.7 Å². The largest absolute Gasteiger partial charge is 0.495 e. The zero-order valence-corrected chi connectivity index (χ0v) is 20.6. The second kappa shape index (κ2) is 9.71. The molecule has 0 atom stereocenters. The first-order chi connectivity index (χ1) is 17.1. The third-order valence-corrected chi connectivity index (χ3v) is 6.83. The van der Waals surface area contributed by atoms with Crippen LogP contribution in [0.4, 0.5) is 5.69 Å². The van der Waals surface area contributed by atoms with E-state index in [-0.39, 0.29) is 5.91 Å². The maximum Gasteiger partial charge on any atom is 0.255 e. The van der Waals surface area contributed by atoms with E-state index in [4.69, 9.17) is 4.74 Å². The van der Waals surface area contributed by atoms with Crippen LogP contribution in [-0.4, -0.2) is 48.7 Å². The molecule has 2 heterocycles. The first kappa shape index (κ1) is 22.8. The Balaban J connectivity index is 1.44. The van der Waals surface area contributed by atoms with Crippen molar-refractivity contribution in [3.63, 3.8) is 0 Å². The number of hydrogen-bond acceptors (Lipinski definition) is 3. The van der Waals surface area contributed by atoms with Gasteiger partial charge in [0.15, 0.2) is 0 Å². The van der Waals surface area contributed by atoms with Gasteiger partial charge in [-0.2, -0.15) is 0 Å². The molecule has 1 saturated heterocycles. The lowest BCUT2D eigenvalue weighted by Crippen LogP contribution is -2.49. The van der Waals surface area contributed by atoms with Crippen LogP contribution in [0.2, 0.25) is 0 Å². The minimum absolute atomic E-state index is 0.0882. The van der Waals surface area contributed by atoms with Crippen molar-refractivity contribution in [2.45, 2.75) is 13.8 Å². The molecule has 0 unspecified atom stereocenters. The number of ether oxygens (including phenoxy) is 1. The Bertz CT molecular complexity index is 1320. The van der Waals surface area contributed by atoms with Crippen molar-refractivity contribution in [1.82, 2.24) is 9.47 Å². The van der Waals surface area contributed by atoms with E-state index in [1.165, 1.54) is 5.56 Å². The van der Waals surface area contributed by atoms with Gasteiger partial charge in [-0.1, -0.05) is 60.2 Å². The van der Waals surface area contributed by atoms with Gasteiger partial charge in [-0.15, -0.1) is 0 Å². The van der Waals surface area contributed by atoms with Gasteiger partial charge in [-0.3, -0.25) is 4.79 Å². The van der Waals surface area contributed by atoms with Crippen molar-refractivity contribution in [1.29, 1.82) is 0 Å². The molecule has 0 spiro atoms. The standard InChI is InChI=1S/C30H31N3O2/c1-22-13-15-25(16-14-22)33-23(2)26(21-28(33)24-9-5-4-6-10-24)30(34)32-19-17-31(18-20-32)27-11-7-8-12-29(27)35-3/h4-16,21H,17-20H2,1-3H3. The van der Waals surface area contributed by atoms with Crippen molar-refractivity contribution < 1.29 is 9.53 Å². The number of nitrogens with zero attached hydrogens (tertiary/aromatic N) is 3. The number of carbonyl (C=O) groups is 1. The van der Waals surface area contributed by atoms with Gasteiger partial charge in [0.05, 0.1) is 24.1 Å². The first-order valence-corrected chi connectivity index (χ1v) is 12.1. The average Bonchev–Trinajstić information content (AvgIpc) is 3.26. The quantitative estimate of drug-likeness (QED) is 0.378. The summed E-state index contributed by atoms with van der Waals surface area (Å²) in [5.74, 6) is 0.955. The highest BCUT2D eigenvalue weighted by Gasteiger charge is 2.27. The summed E-state index contributed by atoms with van der Waals surface area (Å²) in [5, 5.41) is 0. The molecule has 1 amide bonds. The molecule has 5 nitrogen and oxygen atoms in total. The summed E-state index contributed by atoms with van der Waals surface area (Å²) in [6, 6.07) is 28.9. The molecule has 0 bridgehead atoms. The average molecular weight is 466 g/mol. The maximum atomic E-state index is 13.7. The molecule has 4 aromatic rings. The van der Waals surface area contributed by atoms with E-state index < -0.39 is 0 Å². The number of hydrogen-bond donors (Lipinski definition) is 0. The monoisotopic (exact) mass is 465 g/mol. The minimum Gasteiger partial charge on any atom is -0.495 e. The number of piperazine rings is 1. The number of methoxy groups -OCH3 is 1. The normalized spacial score (nSPS) is 13.7. The van der Waals surface area contributed by atoms with Gasteiger partial charge in [0, 0.05) is 37.6 Å². The Kier molecular flexibility index (Phi) is 6.32. The van der Waals surface area contributed by atoms with Crippen LogP contribution in [0.5, 0.6) is 5.75 Å². The molecule has 0 N–H and O–H groups in total. The van der Waals surface area contributed by atoms with Gasteiger partial charge in [0.2, 0.25) is 0 Å². The van der Waals surface area contributed by atoms with E-state index >= 15 is 0 Å². The van der Waals surface area contributed by atoms with Crippen LogP contribution < -0.4 is 9.64 Å². The van der Waals surface area contributed by atoms with Crippen LogP contribution in [0.3, 0.4) is 0 Å². The molecule has 0 aliphatic carbocycles. The van der Waals surface area contributed by atoms with Crippen molar-refractivity contribution in [3.05, 3.63) is 102 Å². The van der Waals surface area contributed by atoms with Gasteiger partial charge in [0.1, 0.15) is 5.75 Å². The molecule has 1 aromatic heterocycles. The smallest absolute Gasteiger partial charge is 0.255 e. The molecule has 1 aliphatic heterocycles. The Hall–Kier alpha value is -3.99. The first-order valence-electron chi connectivity index (χ1n) is 12.1. The summed E-state index contributed by atoms with van der Waals surface area (Å²) in [4.78, 5) is 18.0. The van der Waals surface area contributed by atoms with Crippen LogP contribution in [0.1, 0.15) is 21.6 Å². The summed E-state index contributed by atoms with van der Waals surface area (Å²) in [5.41, 5.74) is 7.20. The van der Waals surface area contributed by atoms with Crippen molar-refractivity contribution in [2.75, 3.05) is 38.2 Å². The fourth-order valence-corrected chi connectivity index (χ4v) is 4.88. The highest BCUT2D eigenvalue weighted by molar-refractivity contribution is 5.97. The number of aryl methyl sites for hydroxylation is 1. The number of rotatable bonds is 5. The van der Waals surface area contributed by atoms with E-state index in [1.54, 1.807) is 7.11 Å². The molecular weight excluding hydrogens is 434 g/mol. The van der Waals surface area contributed by atoms with Crippen molar-refractivity contribution in [3.8, 4) is 22.7 Å². The van der Waals surface area contributed by atoms with E-state index in [0.29, 0.717) is 13.1 Å². The Labute approximate surface area is 207 Å². The Morgan fingerprint density at radius 1 is 0.800 bits per heavy atom. The number of amides is 1. The third kappa shape index (κ3) is 4.42. The number of anilines is 1. The SMILES string of the molecule is COc1ccccc1N1CCN(C(=O)c2cc(-c3ccccc3)n(-c3ccc(C)cc3)c2C)CC1. The maximum absolute atomic E-state index is 13.7. The molecule has 5 heteroatoms. The van der Waals surface area contributed by atoms with Crippen LogP contribution >= 0.6 is 0 Å². The molecule has 35 heavy (non-hydrogen) atoms. The van der Waals surface area contributed by atoms with Crippen molar-refractivity contribution in [2.24, 2.45) is 0 Å². The lowest BCUT2D eigenvalue weighted by atomic mass is 10.1. The molecule has 178 valence electrons. The summed E-state index contributed by atoms with van der Waals surface area (Å²) in [6.45, 7) is 7.03. The molecule has 0 saturated carbocycles. The molecule has 3 aromatic carbocycles. The highest BCUT2D eigenvalue weighted by Crippen LogP contribution is 2.32. The van der Waals surface area contributed by atoms with Gasteiger partial charge >= 0.3 is 0 Å². The minimum atomic E-state index is 0.0882. The van der Waals surface area contributed by atoms with E-state index in [2.05, 4.69) is 64.9 Å². The fraction of sp³-hybridized carbons (Fsp3) is 0.233. The van der Waals surface area contributed by atoms with E-state index in [1.807, 2.05) is 48.2 Å². The third-order valence-electron chi connectivity index (χ3n) is 6.83. The molecule has 0 radical (unpaired) electrons. The van der Waals surface area contributed by atoms with E-state index in [9.17, 15) is 4.79 Å². The highest BCUT2D eigenvalue weighted by atomic mass is 16.5. The van der Waals surface area contributed by atoms with Gasteiger partial charge in [-0.05, 0) is 49.7 Å². The Morgan fingerprint density at radius 2 is 1.46 bits per heavy atom. The molecule has 1 fully saturated rings. The lowest BCUT2D eigenvalue weighted by Gasteiger charge is -2.36. The summed E-state index contributed by atoms with van der Waals surface area (Å²) < 4.78 is 7.74.